The van der Waals surface area contributed by atoms with Crippen molar-refractivity contribution >= 4 is 0 Å². The summed E-state index contributed by atoms with van der Waals surface area (Å²) in [6.07, 6.45) is 0.680. The predicted molar refractivity (Wildman–Crippen MR) is 94.3 cm³/mol. The minimum Gasteiger partial charge on any atom is -0.496 e. The number of benzene rings is 1. The highest BCUT2D eigenvalue weighted by Crippen LogP contribution is 2.26. The molecule has 25 heavy (non-hydrogen) atoms. The fourth-order valence-electron chi connectivity index (χ4n) is 3.08. The summed E-state index contributed by atoms with van der Waals surface area (Å²) >= 11 is 0. The zero-order chi connectivity index (χ0) is 18.2. The Labute approximate surface area is 146 Å². The summed E-state index contributed by atoms with van der Waals surface area (Å²) in [7, 11) is 1.53. The van der Waals surface area contributed by atoms with Crippen LogP contribution in [0.4, 0.5) is 4.39 Å². The number of halogens is 1. The molecule has 6 heteroatoms. The first-order chi connectivity index (χ1) is 11.8. The van der Waals surface area contributed by atoms with Crippen LogP contribution in [0.5, 0.6) is 5.75 Å². The van der Waals surface area contributed by atoms with E-state index >= 15 is 0 Å². The predicted octanol–water partition coefficient (Wildman–Crippen LogP) is 2.77. The molecule has 134 valence electrons. The maximum Gasteiger partial charge on any atom is 0.255 e. The van der Waals surface area contributed by atoms with Gasteiger partial charge in [0.2, 0.25) is 0 Å². The van der Waals surface area contributed by atoms with Gasteiger partial charge < -0.3 is 9.72 Å². The monoisotopic (exact) mass is 345 g/mol. The van der Waals surface area contributed by atoms with Gasteiger partial charge in [-0.15, -0.1) is 0 Å². The Kier molecular flexibility index (Phi) is 4.64. The Bertz CT molecular complexity index is 840. The van der Waals surface area contributed by atoms with E-state index in [0.717, 1.165) is 12.2 Å². The molecule has 1 aromatic heterocycles. The van der Waals surface area contributed by atoms with E-state index in [-0.39, 0.29) is 16.8 Å². The van der Waals surface area contributed by atoms with E-state index in [2.05, 4.69) is 14.9 Å². The zero-order valence-corrected chi connectivity index (χ0v) is 15.1. The number of aromatic amines is 1. The molecule has 2 aromatic rings. The lowest BCUT2D eigenvalue weighted by Crippen LogP contribution is -2.37. The normalized spacial score (nSPS) is 15.1. The van der Waals surface area contributed by atoms with Crippen molar-refractivity contribution in [3.63, 3.8) is 0 Å². The molecule has 0 amide bonds. The number of nitrogens with one attached hydrogen (secondary N) is 1. The second kappa shape index (κ2) is 6.59. The van der Waals surface area contributed by atoms with E-state index in [1.807, 2.05) is 20.8 Å². The molecule has 0 radical (unpaired) electrons. The second-order valence-electron chi connectivity index (χ2n) is 7.47. The Balaban J connectivity index is 1.87. The minimum atomic E-state index is -0.291. The fraction of sp³-hybridized carbons (Fsp3) is 0.474. The van der Waals surface area contributed by atoms with Gasteiger partial charge in [-0.25, -0.2) is 9.37 Å². The quantitative estimate of drug-likeness (QED) is 0.929. The highest BCUT2D eigenvalue weighted by atomic mass is 19.1. The lowest BCUT2D eigenvalue weighted by atomic mass is 9.95. The van der Waals surface area contributed by atoms with Gasteiger partial charge in [-0.2, -0.15) is 0 Å². The summed E-state index contributed by atoms with van der Waals surface area (Å²) in [6.45, 7) is 7.66. The van der Waals surface area contributed by atoms with Crippen LogP contribution in [0.25, 0.3) is 0 Å². The van der Waals surface area contributed by atoms with E-state index in [4.69, 9.17) is 4.74 Å². The van der Waals surface area contributed by atoms with Crippen LogP contribution in [-0.4, -0.2) is 28.5 Å². The van der Waals surface area contributed by atoms with E-state index < -0.39 is 0 Å². The molecular weight excluding hydrogens is 321 g/mol. The maximum absolute atomic E-state index is 14.2. The van der Waals surface area contributed by atoms with E-state index in [1.54, 1.807) is 12.1 Å². The minimum absolute atomic E-state index is 0.0971. The Morgan fingerprint density at radius 1 is 1.36 bits per heavy atom. The summed E-state index contributed by atoms with van der Waals surface area (Å²) < 4.78 is 19.4. The summed E-state index contributed by atoms with van der Waals surface area (Å²) in [4.78, 5) is 22.1. The molecule has 0 atom stereocenters. The van der Waals surface area contributed by atoms with E-state index in [1.165, 1.54) is 13.2 Å². The number of hydrogen-bond donors (Lipinski definition) is 1. The highest BCUT2D eigenvalue weighted by molar-refractivity contribution is 5.35. The van der Waals surface area contributed by atoms with Crippen LogP contribution in [-0.2, 0) is 24.9 Å². The maximum atomic E-state index is 14.2. The lowest BCUT2D eigenvalue weighted by molar-refractivity contribution is 0.233. The molecule has 0 saturated carbocycles. The fourth-order valence-corrected chi connectivity index (χ4v) is 3.08. The Morgan fingerprint density at radius 2 is 2.12 bits per heavy atom. The highest BCUT2D eigenvalue weighted by Gasteiger charge is 2.25. The molecule has 2 heterocycles. The van der Waals surface area contributed by atoms with Gasteiger partial charge in [0.25, 0.3) is 5.56 Å². The SMILES string of the molecule is COc1cccc(F)c1CN1CCc2nc(C(C)(C)C)[nH]c(=O)c2C1. The molecule has 0 spiro atoms. The van der Waals surface area contributed by atoms with Gasteiger partial charge in [-0.05, 0) is 12.1 Å². The van der Waals surface area contributed by atoms with Gasteiger partial charge in [0.05, 0.1) is 18.4 Å². The van der Waals surface area contributed by atoms with Crippen LogP contribution in [0, 0.1) is 5.82 Å². The van der Waals surface area contributed by atoms with Gasteiger partial charge in [0.1, 0.15) is 17.4 Å². The number of fused-ring (bicyclic) bond motifs is 1. The Morgan fingerprint density at radius 3 is 2.80 bits per heavy atom. The van der Waals surface area contributed by atoms with Crippen LogP contribution in [0.1, 0.15) is 43.4 Å². The summed E-state index contributed by atoms with van der Waals surface area (Å²) in [5, 5.41) is 0. The van der Waals surface area contributed by atoms with Crippen molar-refractivity contribution in [1.29, 1.82) is 0 Å². The first-order valence-electron chi connectivity index (χ1n) is 8.46. The largest absolute Gasteiger partial charge is 0.496 e. The van der Waals surface area contributed by atoms with Gasteiger partial charge in [-0.3, -0.25) is 9.69 Å². The number of H-pyrrole nitrogens is 1. The number of nitrogens with zero attached hydrogens (tertiary/aromatic N) is 2. The van der Waals surface area contributed by atoms with E-state index in [9.17, 15) is 9.18 Å². The molecule has 1 N–H and O–H groups in total. The van der Waals surface area contributed by atoms with Crippen molar-refractivity contribution in [2.45, 2.75) is 45.7 Å². The van der Waals surface area contributed by atoms with Crippen molar-refractivity contribution in [3.05, 3.63) is 57.0 Å². The third-order valence-electron chi connectivity index (χ3n) is 4.54. The average molecular weight is 345 g/mol. The van der Waals surface area contributed by atoms with Gasteiger partial charge in [0, 0.05) is 37.0 Å². The van der Waals surface area contributed by atoms with Crippen molar-refractivity contribution in [2.24, 2.45) is 0 Å². The van der Waals surface area contributed by atoms with Crippen molar-refractivity contribution in [2.75, 3.05) is 13.7 Å². The molecule has 5 nitrogen and oxygen atoms in total. The molecule has 0 aliphatic carbocycles. The molecule has 0 saturated heterocycles. The first kappa shape index (κ1) is 17.6. The number of rotatable bonds is 3. The van der Waals surface area contributed by atoms with Crippen molar-refractivity contribution < 1.29 is 9.13 Å². The lowest BCUT2D eigenvalue weighted by Gasteiger charge is -2.29. The van der Waals surface area contributed by atoms with Crippen molar-refractivity contribution in [3.8, 4) is 5.75 Å². The third-order valence-corrected chi connectivity index (χ3v) is 4.54. The average Bonchev–Trinajstić information content (AvgIpc) is 2.56. The number of aromatic nitrogens is 2. The summed E-state index contributed by atoms with van der Waals surface area (Å²) in [6, 6.07) is 4.81. The van der Waals surface area contributed by atoms with Crippen LogP contribution in [0.2, 0.25) is 0 Å². The molecule has 1 aromatic carbocycles. The van der Waals surface area contributed by atoms with Gasteiger partial charge in [-0.1, -0.05) is 26.8 Å². The number of ether oxygens (including phenoxy) is 1. The second-order valence-corrected chi connectivity index (χ2v) is 7.47. The number of hydrogen-bond acceptors (Lipinski definition) is 4. The van der Waals surface area contributed by atoms with Crippen LogP contribution >= 0.6 is 0 Å². The molecule has 1 aliphatic heterocycles. The molecule has 0 bridgehead atoms. The standard InChI is InChI=1S/C19H24FN3O2/c1-19(2,3)18-21-15-8-9-23(11-13(15)17(24)22-18)10-12-14(20)6-5-7-16(12)25-4/h5-7H,8-11H2,1-4H3,(H,21,22,24). The molecule has 1 aliphatic rings. The van der Waals surface area contributed by atoms with Gasteiger partial charge in [0.15, 0.2) is 0 Å². The summed E-state index contributed by atoms with van der Waals surface area (Å²) in [5.74, 6) is 0.946. The molecule has 0 fully saturated rings. The van der Waals surface area contributed by atoms with E-state index in [0.29, 0.717) is 42.2 Å². The number of methoxy groups -OCH3 is 1. The van der Waals surface area contributed by atoms with Crippen LogP contribution in [0.15, 0.2) is 23.0 Å². The Hall–Kier alpha value is -2.21. The first-order valence-corrected chi connectivity index (χ1v) is 8.46. The smallest absolute Gasteiger partial charge is 0.255 e. The van der Waals surface area contributed by atoms with Crippen molar-refractivity contribution in [1.82, 2.24) is 14.9 Å². The summed E-state index contributed by atoms with van der Waals surface area (Å²) in [5.41, 5.74) is 1.75. The topological polar surface area (TPSA) is 58.2 Å². The molecular formula is C19H24FN3O2. The molecule has 3 rings (SSSR count). The molecule has 0 unspecified atom stereocenters. The third kappa shape index (κ3) is 3.58. The zero-order valence-electron chi connectivity index (χ0n) is 15.1. The van der Waals surface area contributed by atoms with Crippen LogP contribution < -0.4 is 10.3 Å². The van der Waals surface area contributed by atoms with Crippen LogP contribution in [0.3, 0.4) is 0 Å². The van der Waals surface area contributed by atoms with Gasteiger partial charge >= 0.3 is 0 Å².